The first-order valence-corrected chi connectivity index (χ1v) is 12.6. The Labute approximate surface area is 194 Å². The molecule has 1 amide bonds. The van der Waals surface area contributed by atoms with Crippen molar-refractivity contribution in [1.29, 1.82) is 0 Å². The molecule has 0 unspecified atom stereocenters. The maximum Gasteiger partial charge on any atom is 0.251 e. The number of hydrogen-bond donors (Lipinski definition) is 1. The minimum Gasteiger partial charge on any atom is -0.351 e. The predicted octanol–water partition coefficient (Wildman–Crippen LogP) is 4.34. The number of thiazole rings is 1. The van der Waals surface area contributed by atoms with E-state index in [1.165, 1.54) is 39.8 Å². The summed E-state index contributed by atoms with van der Waals surface area (Å²) in [6.45, 7) is 9.86. The second kappa shape index (κ2) is 9.20. The second-order valence-corrected chi connectivity index (χ2v) is 10.1. The number of piperazine rings is 1. The molecule has 1 aliphatic heterocycles. The molecule has 1 fully saturated rings. The lowest BCUT2D eigenvalue weighted by molar-refractivity contribution is 0.0947. The molecular formula is C26H32N4OS. The van der Waals surface area contributed by atoms with Crippen molar-refractivity contribution in [3.05, 3.63) is 58.1 Å². The summed E-state index contributed by atoms with van der Waals surface area (Å²) in [5.74, 6) is 0.0530. The summed E-state index contributed by atoms with van der Waals surface area (Å²) in [6.07, 6.45) is 4.76. The molecule has 5 rings (SSSR count). The van der Waals surface area contributed by atoms with Gasteiger partial charge in [-0.1, -0.05) is 29.5 Å². The number of amides is 1. The van der Waals surface area contributed by atoms with Crippen LogP contribution in [0.1, 0.15) is 45.5 Å². The quantitative estimate of drug-likeness (QED) is 0.631. The van der Waals surface area contributed by atoms with Gasteiger partial charge in [0.15, 0.2) is 5.13 Å². The molecular weight excluding hydrogens is 416 g/mol. The third kappa shape index (κ3) is 4.39. The molecule has 2 aromatic carbocycles. The minimum absolute atomic E-state index is 0.0530. The van der Waals surface area contributed by atoms with Crippen molar-refractivity contribution in [2.45, 2.75) is 39.5 Å². The van der Waals surface area contributed by atoms with Gasteiger partial charge < -0.3 is 10.2 Å². The molecule has 6 heteroatoms. The molecule has 1 saturated heterocycles. The van der Waals surface area contributed by atoms with Crippen LogP contribution in [0.4, 0.5) is 5.13 Å². The van der Waals surface area contributed by atoms with Crippen molar-refractivity contribution in [2.24, 2.45) is 0 Å². The Morgan fingerprint density at radius 3 is 2.53 bits per heavy atom. The number of rotatable bonds is 5. The number of anilines is 1. The van der Waals surface area contributed by atoms with Crippen LogP contribution in [0.25, 0.3) is 10.2 Å². The molecule has 168 valence electrons. The fourth-order valence-electron chi connectivity index (χ4n) is 4.85. The van der Waals surface area contributed by atoms with E-state index in [4.69, 9.17) is 4.98 Å². The van der Waals surface area contributed by atoms with Crippen LogP contribution < -0.4 is 10.2 Å². The molecule has 2 aliphatic rings. The van der Waals surface area contributed by atoms with Gasteiger partial charge in [0.2, 0.25) is 0 Å². The SMILES string of the molecule is Cc1ccc(C)c2sc(N3CCN(CCNC(=O)c4ccc5c(c4)CCCC5)CC3)nc12. The van der Waals surface area contributed by atoms with E-state index in [0.29, 0.717) is 6.54 Å². The summed E-state index contributed by atoms with van der Waals surface area (Å²) in [5.41, 5.74) is 7.29. The number of aryl methyl sites for hydroxylation is 4. The van der Waals surface area contributed by atoms with E-state index in [1.807, 2.05) is 17.4 Å². The van der Waals surface area contributed by atoms with E-state index in [9.17, 15) is 4.79 Å². The van der Waals surface area contributed by atoms with Gasteiger partial charge >= 0.3 is 0 Å². The topological polar surface area (TPSA) is 48.5 Å². The van der Waals surface area contributed by atoms with Crippen molar-refractivity contribution in [2.75, 3.05) is 44.2 Å². The van der Waals surface area contributed by atoms with Gasteiger partial charge in [-0.15, -0.1) is 0 Å². The number of hydrogen-bond acceptors (Lipinski definition) is 5. The first kappa shape index (κ1) is 21.4. The maximum absolute atomic E-state index is 12.6. The molecule has 5 nitrogen and oxygen atoms in total. The van der Waals surface area contributed by atoms with Gasteiger partial charge in [-0.2, -0.15) is 0 Å². The molecule has 0 spiro atoms. The normalized spacial score (nSPS) is 16.9. The lowest BCUT2D eigenvalue weighted by Gasteiger charge is -2.34. The lowest BCUT2D eigenvalue weighted by Crippen LogP contribution is -2.48. The summed E-state index contributed by atoms with van der Waals surface area (Å²) in [7, 11) is 0. The fourth-order valence-corrected chi connectivity index (χ4v) is 6.01. The zero-order chi connectivity index (χ0) is 22.1. The molecule has 32 heavy (non-hydrogen) atoms. The minimum atomic E-state index is 0.0530. The molecule has 0 atom stereocenters. The van der Waals surface area contributed by atoms with Crippen molar-refractivity contribution < 1.29 is 4.79 Å². The Hall–Kier alpha value is -2.44. The number of benzene rings is 2. The van der Waals surface area contributed by atoms with Crippen molar-refractivity contribution >= 4 is 32.6 Å². The van der Waals surface area contributed by atoms with Crippen LogP contribution in [-0.4, -0.2) is 55.1 Å². The first-order valence-electron chi connectivity index (χ1n) is 11.8. The van der Waals surface area contributed by atoms with Gasteiger partial charge in [0.1, 0.15) is 0 Å². The summed E-state index contributed by atoms with van der Waals surface area (Å²) in [6, 6.07) is 10.6. The molecule has 3 aromatic rings. The van der Waals surface area contributed by atoms with Crippen molar-refractivity contribution in [1.82, 2.24) is 15.2 Å². The summed E-state index contributed by atoms with van der Waals surface area (Å²) in [4.78, 5) is 22.4. The average Bonchev–Trinajstić information content (AvgIpc) is 3.28. The van der Waals surface area contributed by atoms with E-state index < -0.39 is 0 Å². The van der Waals surface area contributed by atoms with Gasteiger partial charge in [-0.3, -0.25) is 9.69 Å². The highest BCUT2D eigenvalue weighted by Crippen LogP contribution is 2.33. The second-order valence-electron chi connectivity index (χ2n) is 9.15. The summed E-state index contributed by atoms with van der Waals surface area (Å²) in [5, 5.41) is 4.26. The zero-order valence-electron chi connectivity index (χ0n) is 19.1. The van der Waals surface area contributed by atoms with Crippen LogP contribution in [0, 0.1) is 13.8 Å². The van der Waals surface area contributed by atoms with Gasteiger partial charge in [0.25, 0.3) is 5.91 Å². The molecule has 0 radical (unpaired) electrons. The van der Waals surface area contributed by atoms with Gasteiger partial charge in [0, 0.05) is 44.8 Å². The molecule has 0 bridgehead atoms. The Morgan fingerprint density at radius 1 is 1.00 bits per heavy atom. The standard InChI is InChI=1S/C26H32N4OS/c1-18-7-8-19(2)24-23(18)28-26(32-24)30-15-13-29(14-16-30)12-11-27-25(31)22-10-9-20-5-3-4-6-21(20)17-22/h7-10,17H,3-6,11-16H2,1-2H3,(H,27,31). The highest BCUT2D eigenvalue weighted by Gasteiger charge is 2.21. The van der Waals surface area contributed by atoms with E-state index in [2.05, 4.69) is 53.2 Å². The highest BCUT2D eigenvalue weighted by atomic mass is 32.1. The van der Waals surface area contributed by atoms with E-state index in [1.54, 1.807) is 0 Å². The van der Waals surface area contributed by atoms with E-state index in [-0.39, 0.29) is 5.91 Å². The Bertz CT molecular complexity index is 1090. The molecule has 0 saturated carbocycles. The number of nitrogens with zero attached hydrogens (tertiary/aromatic N) is 3. The van der Waals surface area contributed by atoms with Gasteiger partial charge in [0.05, 0.1) is 10.2 Å². The van der Waals surface area contributed by atoms with Crippen LogP contribution in [0.2, 0.25) is 0 Å². The summed E-state index contributed by atoms with van der Waals surface area (Å²) < 4.78 is 1.31. The average molecular weight is 449 g/mol. The number of nitrogens with one attached hydrogen (secondary N) is 1. The van der Waals surface area contributed by atoms with E-state index >= 15 is 0 Å². The molecule has 1 N–H and O–H groups in total. The maximum atomic E-state index is 12.6. The zero-order valence-corrected chi connectivity index (χ0v) is 19.9. The Morgan fingerprint density at radius 2 is 1.75 bits per heavy atom. The number of carbonyl (C=O) groups is 1. The number of aromatic nitrogens is 1. The molecule has 1 aliphatic carbocycles. The van der Waals surface area contributed by atoms with Gasteiger partial charge in [-0.25, -0.2) is 4.98 Å². The third-order valence-corrected chi connectivity index (χ3v) is 8.15. The first-order chi connectivity index (χ1) is 15.6. The summed E-state index contributed by atoms with van der Waals surface area (Å²) >= 11 is 1.81. The van der Waals surface area contributed by atoms with Crippen molar-refractivity contribution in [3.63, 3.8) is 0 Å². The number of fused-ring (bicyclic) bond motifs is 2. The lowest BCUT2D eigenvalue weighted by atomic mass is 9.90. The molecule has 1 aromatic heterocycles. The fraction of sp³-hybridized carbons (Fsp3) is 0.462. The van der Waals surface area contributed by atoms with Crippen LogP contribution in [0.15, 0.2) is 30.3 Å². The monoisotopic (exact) mass is 448 g/mol. The highest BCUT2D eigenvalue weighted by molar-refractivity contribution is 7.22. The van der Waals surface area contributed by atoms with Gasteiger partial charge in [-0.05, 0) is 73.9 Å². The van der Waals surface area contributed by atoms with E-state index in [0.717, 1.165) is 61.8 Å². The van der Waals surface area contributed by atoms with Crippen molar-refractivity contribution in [3.8, 4) is 0 Å². The van der Waals surface area contributed by atoms with Crippen LogP contribution in [-0.2, 0) is 12.8 Å². The Balaban J connectivity index is 1.11. The number of carbonyl (C=O) groups excluding carboxylic acids is 1. The van der Waals surface area contributed by atoms with Crippen LogP contribution >= 0.6 is 11.3 Å². The third-order valence-electron chi connectivity index (χ3n) is 6.90. The Kier molecular flexibility index (Phi) is 6.15. The largest absolute Gasteiger partial charge is 0.351 e. The molecule has 2 heterocycles. The predicted molar refractivity (Wildman–Crippen MR) is 133 cm³/mol. The van der Waals surface area contributed by atoms with Crippen LogP contribution in [0.5, 0.6) is 0 Å². The van der Waals surface area contributed by atoms with Crippen LogP contribution in [0.3, 0.4) is 0 Å². The smallest absolute Gasteiger partial charge is 0.251 e.